The number of hydrogen-bond acceptors (Lipinski definition) is 5. The van der Waals surface area contributed by atoms with E-state index in [0.29, 0.717) is 37.2 Å². The third-order valence-corrected chi connectivity index (χ3v) is 6.86. The van der Waals surface area contributed by atoms with Crippen molar-refractivity contribution in [2.24, 2.45) is 0 Å². The second-order valence-corrected chi connectivity index (χ2v) is 8.74. The van der Waals surface area contributed by atoms with Gasteiger partial charge in [0.05, 0.1) is 17.1 Å². The molecule has 7 nitrogen and oxygen atoms in total. The summed E-state index contributed by atoms with van der Waals surface area (Å²) in [4.78, 5) is 16.4. The number of hydrogen-bond donors (Lipinski definition) is 1. The second kappa shape index (κ2) is 6.94. The van der Waals surface area contributed by atoms with Gasteiger partial charge >= 0.3 is 0 Å². The minimum absolute atomic E-state index is 0.150. The van der Waals surface area contributed by atoms with Crippen LogP contribution in [0.5, 0.6) is 5.75 Å². The Kier molecular flexibility index (Phi) is 4.61. The first-order valence-corrected chi connectivity index (χ1v) is 10.4. The van der Waals surface area contributed by atoms with E-state index in [0.717, 1.165) is 11.3 Å². The van der Waals surface area contributed by atoms with E-state index in [-0.39, 0.29) is 23.5 Å². The van der Waals surface area contributed by atoms with Crippen molar-refractivity contribution < 1.29 is 17.9 Å². The molecule has 1 unspecified atom stereocenters. The number of benzene rings is 1. The molecule has 4 rings (SSSR count). The predicted octanol–water partition coefficient (Wildman–Crippen LogP) is 1.52. The zero-order valence-electron chi connectivity index (χ0n) is 15.0. The van der Waals surface area contributed by atoms with E-state index in [4.69, 9.17) is 4.74 Å². The lowest BCUT2D eigenvalue weighted by molar-refractivity contribution is 0.0945. The van der Waals surface area contributed by atoms with Gasteiger partial charge in [0.2, 0.25) is 10.0 Å². The molecule has 2 aliphatic heterocycles. The normalized spacial score (nSPS) is 20.2. The Balaban J connectivity index is 1.52. The van der Waals surface area contributed by atoms with E-state index in [1.807, 2.05) is 13.0 Å². The number of fused-ring (bicyclic) bond motifs is 1. The summed E-state index contributed by atoms with van der Waals surface area (Å²) in [5.74, 6) is 0.454. The highest BCUT2D eigenvalue weighted by molar-refractivity contribution is 7.89. The zero-order valence-corrected chi connectivity index (χ0v) is 15.8. The number of nitrogens with one attached hydrogen (secondary N) is 1. The number of pyridine rings is 1. The molecule has 1 saturated heterocycles. The third kappa shape index (κ3) is 3.42. The van der Waals surface area contributed by atoms with E-state index < -0.39 is 10.0 Å². The van der Waals surface area contributed by atoms with Gasteiger partial charge < -0.3 is 10.1 Å². The molecule has 1 aromatic heterocycles. The molecule has 0 radical (unpaired) electrons. The molecule has 1 aromatic carbocycles. The van der Waals surface area contributed by atoms with Crippen LogP contribution in [0.3, 0.4) is 0 Å². The number of nitrogens with zero attached hydrogens (tertiary/aromatic N) is 2. The lowest BCUT2D eigenvalue weighted by Crippen LogP contribution is -2.33. The molecule has 2 aliphatic rings. The number of sulfonamides is 1. The Bertz CT molecular complexity index is 990. The fraction of sp³-hybridized carbons (Fsp3) is 0.368. The van der Waals surface area contributed by atoms with Crippen LogP contribution in [-0.4, -0.2) is 49.4 Å². The lowest BCUT2D eigenvalue weighted by atomic mass is 10.0. The van der Waals surface area contributed by atoms with Gasteiger partial charge in [-0.3, -0.25) is 9.78 Å². The third-order valence-electron chi connectivity index (χ3n) is 5.00. The Morgan fingerprint density at radius 1 is 1.30 bits per heavy atom. The van der Waals surface area contributed by atoms with Gasteiger partial charge in [0, 0.05) is 24.8 Å². The summed E-state index contributed by atoms with van der Waals surface area (Å²) in [6.07, 6.45) is 2.80. The molecule has 0 aliphatic carbocycles. The zero-order chi connectivity index (χ0) is 19.0. The summed E-state index contributed by atoms with van der Waals surface area (Å²) >= 11 is 0. The van der Waals surface area contributed by atoms with Gasteiger partial charge in [-0.2, -0.15) is 4.31 Å². The largest absolute Gasteiger partial charge is 0.487 e. The van der Waals surface area contributed by atoms with Crippen LogP contribution in [0.4, 0.5) is 0 Å². The summed E-state index contributed by atoms with van der Waals surface area (Å²) in [5, 5.41) is 2.75. The number of aryl methyl sites for hydroxylation is 1. The molecule has 8 heteroatoms. The number of ether oxygens (including phenoxy) is 1. The number of carbonyl (C=O) groups is 1. The summed E-state index contributed by atoms with van der Waals surface area (Å²) in [6.45, 7) is 3.10. The smallest absolute Gasteiger partial charge is 0.251 e. The SMILES string of the molecule is Cc1ncccc1OC1CCN(S(=O)(=O)c2ccc3c(c2)C(=O)NCC3)C1. The summed E-state index contributed by atoms with van der Waals surface area (Å²) in [7, 11) is -3.67. The molecule has 27 heavy (non-hydrogen) atoms. The summed E-state index contributed by atoms with van der Waals surface area (Å²) in [5.41, 5.74) is 2.10. The minimum atomic E-state index is -3.67. The molecule has 1 atom stereocenters. The molecule has 1 fully saturated rings. The van der Waals surface area contributed by atoms with E-state index in [9.17, 15) is 13.2 Å². The van der Waals surface area contributed by atoms with E-state index in [2.05, 4.69) is 10.3 Å². The van der Waals surface area contributed by atoms with Crippen molar-refractivity contribution in [3.63, 3.8) is 0 Å². The van der Waals surface area contributed by atoms with Crippen molar-refractivity contribution in [2.45, 2.75) is 30.8 Å². The van der Waals surface area contributed by atoms with Gasteiger partial charge in [-0.25, -0.2) is 8.42 Å². The standard InChI is InChI=1S/C19H21N3O4S/c1-13-18(3-2-8-20-13)26-15-7-10-22(12-15)27(24,25)16-5-4-14-6-9-21-19(23)17(14)11-16/h2-5,8,11,15H,6-7,9-10,12H2,1H3,(H,21,23). The van der Waals surface area contributed by atoms with Gasteiger partial charge in [-0.1, -0.05) is 6.07 Å². The van der Waals surface area contributed by atoms with Crippen molar-refractivity contribution >= 4 is 15.9 Å². The maximum Gasteiger partial charge on any atom is 0.251 e. The van der Waals surface area contributed by atoms with Crippen LogP contribution in [0.1, 0.15) is 28.0 Å². The Morgan fingerprint density at radius 3 is 2.96 bits per heavy atom. The molecule has 0 bridgehead atoms. The van der Waals surface area contributed by atoms with Gasteiger partial charge in [-0.15, -0.1) is 0 Å². The lowest BCUT2D eigenvalue weighted by Gasteiger charge is -2.20. The van der Waals surface area contributed by atoms with Gasteiger partial charge in [0.25, 0.3) is 5.91 Å². The maximum absolute atomic E-state index is 13.0. The van der Waals surface area contributed by atoms with E-state index in [1.54, 1.807) is 24.4 Å². The van der Waals surface area contributed by atoms with Crippen molar-refractivity contribution in [1.29, 1.82) is 0 Å². The molecule has 0 saturated carbocycles. The van der Waals surface area contributed by atoms with Crippen LogP contribution in [0.25, 0.3) is 0 Å². The second-order valence-electron chi connectivity index (χ2n) is 6.80. The monoisotopic (exact) mass is 387 g/mol. The topological polar surface area (TPSA) is 88.6 Å². The van der Waals surface area contributed by atoms with Crippen LogP contribution in [0.2, 0.25) is 0 Å². The fourth-order valence-corrected chi connectivity index (χ4v) is 5.00. The van der Waals surface area contributed by atoms with E-state index >= 15 is 0 Å². The van der Waals surface area contributed by atoms with Crippen molar-refractivity contribution in [1.82, 2.24) is 14.6 Å². The fourth-order valence-electron chi connectivity index (χ4n) is 3.49. The summed E-state index contributed by atoms with van der Waals surface area (Å²) < 4.78 is 33.4. The molecular weight excluding hydrogens is 366 g/mol. The van der Waals surface area contributed by atoms with Gasteiger partial charge in [-0.05, 0) is 49.6 Å². The van der Waals surface area contributed by atoms with Crippen molar-refractivity contribution in [3.8, 4) is 5.75 Å². The van der Waals surface area contributed by atoms with Crippen LogP contribution in [-0.2, 0) is 16.4 Å². The predicted molar refractivity (Wildman–Crippen MR) is 99.2 cm³/mol. The van der Waals surface area contributed by atoms with Gasteiger partial charge in [0.15, 0.2) is 0 Å². The number of carbonyl (C=O) groups excluding carboxylic acids is 1. The first-order valence-electron chi connectivity index (χ1n) is 8.95. The summed E-state index contributed by atoms with van der Waals surface area (Å²) in [6, 6.07) is 8.44. The van der Waals surface area contributed by atoms with Crippen molar-refractivity contribution in [3.05, 3.63) is 53.3 Å². The first kappa shape index (κ1) is 17.9. The molecule has 0 spiro atoms. The highest BCUT2D eigenvalue weighted by Gasteiger charge is 2.34. The Morgan fingerprint density at radius 2 is 2.15 bits per heavy atom. The Labute approximate surface area is 158 Å². The van der Waals surface area contributed by atoms with Crippen LogP contribution in [0.15, 0.2) is 41.4 Å². The quantitative estimate of drug-likeness (QED) is 0.859. The average molecular weight is 387 g/mol. The molecule has 3 heterocycles. The number of amides is 1. The minimum Gasteiger partial charge on any atom is -0.487 e. The molecule has 142 valence electrons. The highest BCUT2D eigenvalue weighted by atomic mass is 32.2. The van der Waals surface area contributed by atoms with Crippen molar-refractivity contribution in [2.75, 3.05) is 19.6 Å². The molecular formula is C19H21N3O4S. The van der Waals surface area contributed by atoms with E-state index in [1.165, 1.54) is 10.4 Å². The van der Waals surface area contributed by atoms with Crippen LogP contribution >= 0.6 is 0 Å². The average Bonchev–Trinajstić information content (AvgIpc) is 3.13. The van der Waals surface area contributed by atoms with Crippen LogP contribution < -0.4 is 10.1 Å². The molecule has 1 N–H and O–H groups in total. The molecule has 1 amide bonds. The van der Waals surface area contributed by atoms with Gasteiger partial charge in [0.1, 0.15) is 11.9 Å². The van der Waals surface area contributed by atoms with Crippen LogP contribution in [0, 0.1) is 6.92 Å². The maximum atomic E-state index is 13.0. The highest BCUT2D eigenvalue weighted by Crippen LogP contribution is 2.27. The molecule has 2 aromatic rings. The number of aromatic nitrogens is 1. The Hall–Kier alpha value is -2.45. The first-order chi connectivity index (χ1) is 12.9. The number of rotatable bonds is 4.